The number of nitrogens with zero attached hydrogens (tertiary/aromatic N) is 1. The van der Waals surface area contributed by atoms with E-state index in [2.05, 4.69) is 55.3 Å². The Hall–Kier alpha value is -1.55. The van der Waals surface area contributed by atoms with E-state index < -0.39 is 0 Å². The molecule has 1 aromatic rings. The first kappa shape index (κ1) is 14.9. The van der Waals surface area contributed by atoms with Crippen molar-refractivity contribution < 1.29 is 4.79 Å². The van der Waals surface area contributed by atoms with Gasteiger partial charge < -0.3 is 16.0 Å². The highest BCUT2D eigenvalue weighted by atomic mass is 16.1. The van der Waals surface area contributed by atoms with Gasteiger partial charge in [0.1, 0.15) is 6.04 Å². The average molecular weight is 275 g/mol. The molecule has 1 amide bonds. The van der Waals surface area contributed by atoms with Gasteiger partial charge in [-0.2, -0.15) is 0 Å². The van der Waals surface area contributed by atoms with Gasteiger partial charge in [-0.1, -0.05) is 12.1 Å². The Morgan fingerprint density at radius 3 is 2.55 bits per heavy atom. The Balaban J connectivity index is 2.03. The zero-order valence-electron chi connectivity index (χ0n) is 12.6. The highest BCUT2D eigenvalue weighted by Gasteiger charge is 2.28. The third kappa shape index (κ3) is 3.73. The number of hydrogen-bond donors (Lipinski definition) is 2. The van der Waals surface area contributed by atoms with Crippen molar-refractivity contribution in [2.24, 2.45) is 5.73 Å². The number of carbonyl (C=O) groups is 1. The number of nitrogens with one attached hydrogen (secondary N) is 1. The summed E-state index contributed by atoms with van der Waals surface area (Å²) in [6, 6.07) is 8.25. The standard InChI is InChI=1S/C16H25N3O/c1-16(2,3)18-11-12-6-8-13(9-7-12)19-10-4-5-14(19)15(17)20/h6-9,14,18H,4-5,10-11H2,1-3H3,(H2,17,20). The lowest BCUT2D eigenvalue weighted by Gasteiger charge is -2.25. The number of carbonyl (C=O) groups excluding carboxylic acids is 1. The van der Waals surface area contributed by atoms with E-state index >= 15 is 0 Å². The minimum atomic E-state index is -0.221. The number of primary amides is 1. The molecule has 110 valence electrons. The maximum Gasteiger partial charge on any atom is 0.240 e. The Kier molecular flexibility index (Phi) is 4.33. The molecule has 0 aliphatic carbocycles. The molecule has 4 heteroatoms. The van der Waals surface area contributed by atoms with Gasteiger partial charge in [0, 0.05) is 24.3 Å². The van der Waals surface area contributed by atoms with E-state index in [9.17, 15) is 4.79 Å². The summed E-state index contributed by atoms with van der Waals surface area (Å²) in [5.41, 5.74) is 7.91. The van der Waals surface area contributed by atoms with Crippen molar-refractivity contribution in [1.82, 2.24) is 5.32 Å². The summed E-state index contributed by atoms with van der Waals surface area (Å²) in [6.45, 7) is 8.23. The molecule has 0 radical (unpaired) electrons. The normalized spacial score (nSPS) is 19.4. The second-order valence-corrected chi connectivity index (χ2v) is 6.52. The molecule has 1 aliphatic heterocycles. The molecule has 0 aromatic heterocycles. The smallest absolute Gasteiger partial charge is 0.240 e. The summed E-state index contributed by atoms with van der Waals surface area (Å²) in [5, 5.41) is 3.47. The monoisotopic (exact) mass is 275 g/mol. The van der Waals surface area contributed by atoms with Gasteiger partial charge in [0.25, 0.3) is 0 Å². The van der Waals surface area contributed by atoms with Gasteiger partial charge >= 0.3 is 0 Å². The van der Waals surface area contributed by atoms with Gasteiger partial charge in [0.2, 0.25) is 5.91 Å². The van der Waals surface area contributed by atoms with Gasteiger partial charge in [0.15, 0.2) is 0 Å². The lowest BCUT2D eigenvalue weighted by Crippen LogP contribution is -2.40. The number of benzene rings is 1. The SMILES string of the molecule is CC(C)(C)NCc1ccc(N2CCCC2C(N)=O)cc1. The average Bonchev–Trinajstić information content (AvgIpc) is 2.85. The van der Waals surface area contributed by atoms with Crippen LogP contribution in [0.3, 0.4) is 0 Å². The summed E-state index contributed by atoms with van der Waals surface area (Å²) in [6.07, 6.45) is 1.89. The van der Waals surface area contributed by atoms with Crippen molar-refractivity contribution in [3.05, 3.63) is 29.8 Å². The Bertz CT molecular complexity index is 462. The third-order valence-corrected chi connectivity index (χ3v) is 3.67. The lowest BCUT2D eigenvalue weighted by molar-refractivity contribution is -0.119. The molecule has 20 heavy (non-hydrogen) atoms. The van der Waals surface area contributed by atoms with Crippen LogP contribution in [0.4, 0.5) is 5.69 Å². The Labute approximate surface area is 121 Å². The van der Waals surface area contributed by atoms with E-state index in [1.807, 2.05) is 0 Å². The summed E-state index contributed by atoms with van der Waals surface area (Å²) < 4.78 is 0. The number of nitrogens with two attached hydrogens (primary N) is 1. The predicted octanol–water partition coefficient (Wildman–Crippen LogP) is 2.03. The van der Waals surface area contributed by atoms with Crippen molar-refractivity contribution in [2.75, 3.05) is 11.4 Å². The molecule has 1 atom stereocenters. The summed E-state index contributed by atoms with van der Waals surface area (Å²) >= 11 is 0. The molecular formula is C16H25N3O. The molecule has 2 rings (SSSR count). The quantitative estimate of drug-likeness (QED) is 0.884. The molecule has 1 aliphatic rings. The largest absolute Gasteiger partial charge is 0.368 e. The Morgan fingerprint density at radius 1 is 1.35 bits per heavy atom. The van der Waals surface area contributed by atoms with Crippen molar-refractivity contribution >= 4 is 11.6 Å². The van der Waals surface area contributed by atoms with Crippen LogP contribution in [0.15, 0.2) is 24.3 Å². The molecule has 0 saturated carbocycles. The van der Waals surface area contributed by atoms with Crippen LogP contribution in [0.1, 0.15) is 39.2 Å². The van der Waals surface area contributed by atoms with Crippen LogP contribution in [0.5, 0.6) is 0 Å². The number of anilines is 1. The third-order valence-electron chi connectivity index (χ3n) is 3.67. The molecule has 1 aromatic carbocycles. The van der Waals surface area contributed by atoms with Crippen molar-refractivity contribution in [1.29, 1.82) is 0 Å². The Morgan fingerprint density at radius 2 is 2.00 bits per heavy atom. The second-order valence-electron chi connectivity index (χ2n) is 6.52. The number of hydrogen-bond acceptors (Lipinski definition) is 3. The van der Waals surface area contributed by atoms with Crippen LogP contribution >= 0.6 is 0 Å². The first-order valence-corrected chi connectivity index (χ1v) is 7.27. The van der Waals surface area contributed by atoms with Crippen molar-refractivity contribution in [3.63, 3.8) is 0 Å². The summed E-state index contributed by atoms with van der Waals surface area (Å²) in [5.74, 6) is -0.221. The van der Waals surface area contributed by atoms with Crippen molar-refractivity contribution in [3.8, 4) is 0 Å². The van der Waals surface area contributed by atoms with Crippen LogP contribution in [0, 0.1) is 0 Å². The predicted molar refractivity (Wildman–Crippen MR) is 82.6 cm³/mol. The minimum Gasteiger partial charge on any atom is -0.368 e. The van der Waals surface area contributed by atoms with Crippen molar-refractivity contribution in [2.45, 2.75) is 51.7 Å². The van der Waals surface area contributed by atoms with E-state index in [-0.39, 0.29) is 17.5 Å². The maximum atomic E-state index is 11.4. The van der Waals surface area contributed by atoms with Gasteiger partial charge in [0.05, 0.1) is 0 Å². The maximum absolute atomic E-state index is 11.4. The van der Waals surface area contributed by atoms with E-state index in [0.29, 0.717) is 0 Å². The zero-order chi connectivity index (χ0) is 14.8. The molecular weight excluding hydrogens is 250 g/mol. The topological polar surface area (TPSA) is 58.4 Å². The fourth-order valence-corrected chi connectivity index (χ4v) is 2.54. The van der Waals surface area contributed by atoms with E-state index in [0.717, 1.165) is 31.6 Å². The van der Waals surface area contributed by atoms with Gasteiger partial charge in [-0.05, 0) is 51.3 Å². The lowest BCUT2D eigenvalue weighted by atomic mass is 10.1. The molecule has 4 nitrogen and oxygen atoms in total. The molecule has 1 unspecified atom stereocenters. The fraction of sp³-hybridized carbons (Fsp3) is 0.562. The first-order valence-electron chi connectivity index (χ1n) is 7.27. The molecule has 0 bridgehead atoms. The summed E-state index contributed by atoms with van der Waals surface area (Å²) in [7, 11) is 0. The number of rotatable bonds is 4. The highest BCUT2D eigenvalue weighted by molar-refractivity contribution is 5.84. The van der Waals surface area contributed by atoms with Gasteiger partial charge in [-0.25, -0.2) is 0 Å². The van der Waals surface area contributed by atoms with Gasteiger partial charge in [-0.15, -0.1) is 0 Å². The highest BCUT2D eigenvalue weighted by Crippen LogP contribution is 2.25. The van der Waals surface area contributed by atoms with Crippen LogP contribution in [-0.2, 0) is 11.3 Å². The summed E-state index contributed by atoms with van der Waals surface area (Å²) in [4.78, 5) is 13.6. The molecule has 1 heterocycles. The van der Waals surface area contributed by atoms with E-state index in [1.54, 1.807) is 0 Å². The second kappa shape index (κ2) is 5.83. The minimum absolute atomic E-state index is 0.116. The van der Waals surface area contributed by atoms with E-state index in [4.69, 9.17) is 5.73 Å². The van der Waals surface area contributed by atoms with Crippen LogP contribution in [-0.4, -0.2) is 24.0 Å². The molecule has 0 spiro atoms. The number of amides is 1. The van der Waals surface area contributed by atoms with Gasteiger partial charge in [-0.3, -0.25) is 4.79 Å². The van der Waals surface area contributed by atoms with Crippen LogP contribution in [0.25, 0.3) is 0 Å². The molecule has 1 saturated heterocycles. The zero-order valence-corrected chi connectivity index (χ0v) is 12.6. The molecule has 1 fully saturated rings. The van der Waals surface area contributed by atoms with Crippen LogP contribution in [0.2, 0.25) is 0 Å². The van der Waals surface area contributed by atoms with Crippen LogP contribution < -0.4 is 16.0 Å². The fourth-order valence-electron chi connectivity index (χ4n) is 2.54. The first-order chi connectivity index (χ1) is 9.37. The van der Waals surface area contributed by atoms with E-state index in [1.165, 1.54) is 5.56 Å². The molecule has 3 N–H and O–H groups in total.